The van der Waals surface area contributed by atoms with E-state index in [2.05, 4.69) is 21.9 Å². The number of hydrogen-bond donors (Lipinski definition) is 0. The minimum Gasteiger partial charge on any atom is -0.333 e. The van der Waals surface area contributed by atoms with Crippen molar-refractivity contribution >= 4 is 28.1 Å². The highest BCUT2D eigenvalue weighted by molar-refractivity contribution is 7.13. The van der Waals surface area contributed by atoms with E-state index in [0.717, 1.165) is 40.1 Å². The lowest BCUT2D eigenvalue weighted by Crippen LogP contribution is -2.27. The molecule has 2 heterocycles. The number of amides is 1. The van der Waals surface area contributed by atoms with Crippen LogP contribution in [0.5, 0.6) is 0 Å². The highest BCUT2D eigenvalue weighted by Gasteiger charge is 2.20. The number of thiazole rings is 1. The van der Waals surface area contributed by atoms with Crippen molar-refractivity contribution in [3.8, 4) is 0 Å². The van der Waals surface area contributed by atoms with E-state index in [-0.39, 0.29) is 5.91 Å². The van der Waals surface area contributed by atoms with Gasteiger partial charge in [-0.1, -0.05) is 25.1 Å². The maximum Gasteiger partial charge on any atom is 0.266 e. The average molecular weight is 354 g/mol. The van der Waals surface area contributed by atoms with Crippen LogP contribution in [0.15, 0.2) is 24.3 Å². The maximum absolute atomic E-state index is 12.8. The van der Waals surface area contributed by atoms with Gasteiger partial charge >= 0.3 is 0 Å². The van der Waals surface area contributed by atoms with Crippen LogP contribution in [-0.2, 0) is 13.0 Å². The van der Waals surface area contributed by atoms with Crippen LogP contribution >= 0.6 is 11.3 Å². The van der Waals surface area contributed by atoms with Crippen LogP contribution in [0.3, 0.4) is 0 Å². The fraction of sp³-hybridized carbons (Fsp3) is 0.368. The van der Waals surface area contributed by atoms with Gasteiger partial charge in [-0.2, -0.15) is 0 Å². The number of nitrogens with zero attached hydrogens (tertiary/aromatic N) is 4. The lowest BCUT2D eigenvalue weighted by atomic mass is 10.2. The van der Waals surface area contributed by atoms with Gasteiger partial charge in [-0.3, -0.25) is 4.79 Å². The normalized spacial score (nSPS) is 11.0. The van der Waals surface area contributed by atoms with Crippen molar-refractivity contribution in [1.29, 1.82) is 0 Å². The van der Waals surface area contributed by atoms with Gasteiger partial charge in [0, 0.05) is 18.1 Å². The second kappa shape index (κ2) is 7.27. The highest BCUT2D eigenvalue weighted by Crippen LogP contribution is 2.22. The molecule has 0 fully saturated rings. The Kier molecular flexibility index (Phi) is 5.08. The molecule has 0 N–H and O–H groups in total. The summed E-state index contributed by atoms with van der Waals surface area (Å²) in [6.45, 7) is 6.36. The second-order valence-electron chi connectivity index (χ2n) is 6.18. The largest absolute Gasteiger partial charge is 0.333 e. The van der Waals surface area contributed by atoms with Gasteiger partial charge in [-0.15, -0.1) is 11.3 Å². The zero-order valence-corrected chi connectivity index (χ0v) is 15.9. The fourth-order valence-corrected chi connectivity index (χ4v) is 3.96. The lowest BCUT2D eigenvalue weighted by molar-refractivity contribution is 0.0785. The van der Waals surface area contributed by atoms with Crippen LogP contribution in [0.4, 0.5) is 0 Å². The van der Waals surface area contributed by atoms with Gasteiger partial charge in [0.15, 0.2) is 0 Å². The quantitative estimate of drug-likeness (QED) is 0.696. The van der Waals surface area contributed by atoms with Crippen molar-refractivity contribution in [3.63, 3.8) is 0 Å². The summed E-state index contributed by atoms with van der Waals surface area (Å²) in [7, 11) is 1.79. The molecule has 130 valence electrons. The molecule has 2 aromatic heterocycles. The van der Waals surface area contributed by atoms with Crippen LogP contribution in [0.2, 0.25) is 0 Å². The van der Waals surface area contributed by atoms with E-state index in [1.165, 1.54) is 11.3 Å². The van der Waals surface area contributed by atoms with Gasteiger partial charge in [-0.25, -0.2) is 15.0 Å². The lowest BCUT2D eigenvalue weighted by Gasteiger charge is -2.16. The molecule has 0 bridgehead atoms. The molecule has 0 saturated carbocycles. The fourth-order valence-electron chi connectivity index (χ4n) is 2.79. The van der Waals surface area contributed by atoms with Crippen molar-refractivity contribution in [2.24, 2.45) is 0 Å². The number of rotatable bonds is 5. The first-order valence-electron chi connectivity index (χ1n) is 8.43. The van der Waals surface area contributed by atoms with Gasteiger partial charge in [0.25, 0.3) is 5.91 Å². The van der Waals surface area contributed by atoms with E-state index >= 15 is 0 Å². The van der Waals surface area contributed by atoms with Gasteiger partial charge in [0.1, 0.15) is 10.7 Å². The smallest absolute Gasteiger partial charge is 0.266 e. The van der Waals surface area contributed by atoms with Crippen molar-refractivity contribution < 1.29 is 4.79 Å². The standard InChI is InChI=1S/C19H22N4OS/c1-5-8-17-21-13(3)18(25-17)19(24)23(4)11-16-20-12(2)14-9-6-7-10-15(14)22-16/h6-7,9-10H,5,8,11H2,1-4H3. The molecule has 0 saturated heterocycles. The molecular weight excluding hydrogens is 332 g/mol. The molecule has 0 aliphatic rings. The summed E-state index contributed by atoms with van der Waals surface area (Å²) in [5, 5.41) is 2.07. The summed E-state index contributed by atoms with van der Waals surface area (Å²) in [4.78, 5) is 28.8. The van der Waals surface area contributed by atoms with Gasteiger partial charge in [-0.05, 0) is 32.8 Å². The third-order valence-corrected chi connectivity index (χ3v) is 5.27. The average Bonchev–Trinajstić information content (AvgIpc) is 2.95. The Morgan fingerprint density at radius 2 is 1.88 bits per heavy atom. The van der Waals surface area contributed by atoms with E-state index in [0.29, 0.717) is 17.2 Å². The molecule has 3 rings (SSSR count). The Hall–Kier alpha value is -2.34. The van der Waals surface area contributed by atoms with E-state index in [9.17, 15) is 4.79 Å². The van der Waals surface area contributed by atoms with Crippen molar-refractivity contribution in [2.45, 2.75) is 40.2 Å². The zero-order chi connectivity index (χ0) is 18.0. The Morgan fingerprint density at radius 1 is 1.12 bits per heavy atom. The molecule has 0 atom stereocenters. The molecule has 25 heavy (non-hydrogen) atoms. The summed E-state index contributed by atoms with van der Waals surface area (Å²) in [6, 6.07) is 7.93. The highest BCUT2D eigenvalue weighted by atomic mass is 32.1. The first-order valence-corrected chi connectivity index (χ1v) is 9.25. The van der Waals surface area contributed by atoms with Crippen LogP contribution in [-0.4, -0.2) is 32.8 Å². The molecule has 0 unspecified atom stereocenters. The summed E-state index contributed by atoms with van der Waals surface area (Å²) in [5.74, 6) is 0.634. The van der Waals surface area contributed by atoms with Gasteiger partial charge in [0.05, 0.1) is 22.8 Å². The van der Waals surface area contributed by atoms with Crippen LogP contribution in [0.25, 0.3) is 10.9 Å². The van der Waals surface area contributed by atoms with Crippen molar-refractivity contribution in [1.82, 2.24) is 19.9 Å². The molecule has 6 heteroatoms. The van der Waals surface area contributed by atoms with E-state index < -0.39 is 0 Å². The molecule has 3 aromatic rings. The number of aromatic nitrogens is 3. The molecule has 1 amide bonds. The van der Waals surface area contributed by atoms with Gasteiger partial charge < -0.3 is 4.90 Å². The number of benzene rings is 1. The number of fused-ring (bicyclic) bond motifs is 1. The number of hydrogen-bond acceptors (Lipinski definition) is 5. The summed E-state index contributed by atoms with van der Waals surface area (Å²) >= 11 is 1.49. The van der Waals surface area contributed by atoms with Crippen molar-refractivity contribution in [3.05, 3.63) is 51.4 Å². The Labute approximate surface area is 151 Å². The van der Waals surface area contributed by atoms with Crippen LogP contribution < -0.4 is 0 Å². The predicted molar refractivity (Wildman–Crippen MR) is 101 cm³/mol. The minimum atomic E-state index is -0.0215. The number of carbonyl (C=O) groups is 1. The van der Waals surface area contributed by atoms with Crippen LogP contribution in [0.1, 0.15) is 45.2 Å². The third kappa shape index (κ3) is 3.69. The third-order valence-electron chi connectivity index (χ3n) is 4.06. The van der Waals surface area contributed by atoms with E-state index in [4.69, 9.17) is 0 Å². The molecule has 5 nitrogen and oxygen atoms in total. The monoisotopic (exact) mass is 354 g/mol. The second-order valence-corrected chi connectivity index (χ2v) is 7.26. The summed E-state index contributed by atoms with van der Waals surface area (Å²) < 4.78 is 0. The molecule has 0 spiro atoms. The molecular formula is C19H22N4OS. The van der Waals surface area contributed by atoms with E-state index in [1.807, 2.05) is 38.1 Å². The summed E-state index contributed by atoms with van der Waals surface area (Å²) in [5.41, 5.74) is 2.65. The summed E-state index contributed by atoms with van der Waals surface area (Å²) in [6.07, 6.45) is 1.94. The molecule has 0 radical (unpaired) electrons. The zero-order valence-electron chi connectivity index (χ0n) is 15.0. The molecule has 0 aliphatic heterocycles. The maximum atomic E-state index is 12.8. The van der Waals surface area contributed by atoms with Crippen LogP contribution in [0, 0.1) is 13.8 Å². The number of aryl methyl sites for hydroxylation is 3. The first kappa shape index (κ1) is 17.5. The SMILES string of the molecule is CCCc1nc(C)c(C(=O)N(C)Cc2nc(C)c3ccccc3n2)s1. The Bertz CT molecular complexity index is 919. The topological polar surface area (TPSA) is 59.0 Å². The molecule has 0 aliphatic carbocycles. The van der Waals surface area contributed by atoms with Crippen molar-refractivity contribution in [2.75, 3.05) is 7.05 Å². The first-order chi connectivity index (χ1) is 12.0. The van der Waals surface area contributed by atoms with E-state index in [1.54, 1.807) is 11.9 Å². The minimum absolute atomic E-state index is 0.0215. The number of carbonyl (C=O) groups excluding carboxylic acids is 1. The number of para-hydroxylation sites is 1. The van der Waals surface area contributed by atoms with Gasteiger partial charge in [0.2, 0.25) is 0 Å². The molecule has 1 aromatic carbocycles. The Morgan fingerprint density at radius 3 is 2.64 bits per heavy atom. The predicted octanol–water partition coefficient (Wildman–Crippen LogP) is 3.93. The Balaban J connectivity index is 1.82.